The van der Waals surface area contributed by atoms with Crippen LogP contribution < -0.4 is 5.32 Å². The van der Waals surface area contributed by atoms with Crippen molar-refractivity contribution in [1.29, 1.82) is 0 Å². The molecule has 0 bridgehead atoms. The van der Waals surface area contributed by atoms with E-state index in [1.807, 2.05) is 6.92 Å². The standard InChI is InChI=1S/C15H21N3O3/c1-3-13-14(19)17-5-4-6-18(13)15(20)12-7-11(10-21-2)8-16-9-12/h7-9,13H,3-6,10H2,1-2H3,(H,17,19)/t13-/m0/s1. The van der Waals surface area contributed by atoms with E-state index in [4.69, 9.17) is 4.74 Å². The monoisotopic (exact) mass is 291 g/mol. The molecule has 2 amide bonds. The van der Waals surface area contributed by atoms with Crippen LogP contribution in [0.5, 0.6) is 0 Å². The Bertz CT molecular complexity index is 519. The third-order valence-electron chi connectivity index (χ3n) is 3.55. The molecule has 1 aliphatic heterocycles. The van der Waals surface area contributed by atoms with Crippen molar-refractivity contribution in [2.45, 2.75) is 32.4 Å². The SMILES string of the molecule is CC[C@H]1C(=O)NCCCN1C(=O)c1cncc(COC)c1. The summed E-state index contributed by atoms with van der Waals surface area (Å²) >= 11 is 0. The highest BCUT2D eigenvalue weighted by Gasteiger charge is 2.30. The van der Waals surface area contributed by atoms with Gasteiger partial charge in [-0.1, -0.05) is 6.92 Å². The van der Waals surface area contributed by atoms with Gasteiger partial charge in [-0.25, -0.2) is 0 Å². The molecule has 1 aromatic rings. The van der Waals surface area contributed by atoms with E-state index in [-0.39, 0.29) is 11.8 Å². The lowest BCUT2D eigenvalue weighted by Gasteiger charge is -2.27. The number of ether oxygens (including phenoxy) is 1. The number of carbonyl (C=O) groups excluding carboxylic acids is 2. The molecule has 0 saturated carbocycles. The van der Waals surface area contributed by atoms with Gasteiger partial charge in [-0.05, 0) is 24.5 Å². The first kappa shape index (κ1) is 15.4. The Hall–Kier alpha value is -1.95. The Morgan fingerprint density at radius 1 is 1.52 bits per heavy atom. The molecule has 0 radical (unpaired) electrons. The van der Waals surface area contributed by atoms with E-state index >= 15 is 0 Å². The quantitative estimate of drug-likeness (QED) is 0.897. The van der Waals surface area contributed by atoms with Gasteiger partial charge in [0.1, 0.15) is 6.04 Å². The third kappa shape index (κ3) is 3.58. The number of aromatic nitrogens is 1. The Morgan fingerprint density at radius 2 is 2.33 bits per heavy atom. The highest BCUT2D eigenvalue weighted by atomic mass is 16.5. The molecule has 1 aliphatic rings. The van der Waals surface area contributed by atoms with Crippen LogP contribution in [0.3, 0.4) is 0 Å². The lowest BCUT2D eigenvalue weighted by Crippen LogP contribution is -2.46. The lowest BCUT2D eigenvalue weighted by atomic mass is 10.1. The topological polar surface area (TPSA) is 71.5 Å². The van der Waals surface area contributed by atoms with Crippen LogP contribution in [0.25, 0.3) is 0 Å². The number of hydrogen-bond acceptors (Lipinski definition) is 4. The van der Waals surface area contributed by atoms with E-state index < -0.39 is 6.04 Å². The molecule has 0 spiro atoms. The predicted molar refractivity (Wildman–Crippen MR) is 77.7 cm³/mol. The molecule has 1 saturated heterocycles. The maximum Gasteiger partial charge on any atom is 0.256 e. The van der Waals surface area contributed by atoms with E-state index in [0.717, 1.165) is 12.0 Å². The van der Waals surface area contributed by atoms with E-state index in [0.29, 0.717) is 31.7 Å². The molecule has 0 aromatic carbocycles. The largest absolute Gasteiger partial charge is 0.380 e. The first-order valence-electron chi connectivity index (χ1n) is 7.19. The van der Waals surface area contributed by atoms with Gasteiger partial charge >= 0.3 is 0 Å². The average molecular weight is 291 g/mol. The number of amides is 2. The molecule has 0 unspecified atom stereocenters. The molecule has 1 aromatic heterocycles. The summed E-state index contributed by atoms with van der Waals surface area (Å²) in [6.07, 6.45) is 4.58. The second-order valence-corrected chi connectivity index (χ2v) is 5.08. The van der Waals surface area contributed by atoms with Crippen molar-refractivity contribution >= 4 is 11.8 Å². The summed E-state index contributed by atoms with van der Waals surface area (Å²) in [7, 11) is 1.60. The van der Waals surface area contributed by atoms with Crippen molar-refractivity contribution in [2.24, 2.45) is 0 Å². The van der Waals surface area contributed by atoms with E-state index in [2.05, 4.69) is 10.3 Å². The Kier molecular flexibility index (Phi) is 5.27. The molecule has 114 valence electrons. The van der Waals surface area contributed by atoms with Gasteiger partial charge in [0, 0.05) is 32.6 Å². The molecule has 0 aliphatic carbocycles. The zero-order chi connectivity index (χ0) is 15.2. The summed E-state index contributed by atoms with van der Waals surface area (Å²) < 4.78 is 5.06. The zero-order valence-electron chi connectivity index (χ0n) is 12.5. The number of nitrogens with zero attached hydrogens (tertiary/aromatic N) is 2. The number of methoxy groups -OCH3 is 1. The second-order valence-electron chi connectivity index (χ2n) is 5.08. The van der Waals surface area contributed by atoms with Gasteiger partial charge in [0.15, 0.2) is 0 Å². The maximum absolute atomic E-state index is 12.7. The number of carbonyl (C=O) groups is 2. The number of nitrogens with one attached hydrogen (secondary N) is 1. The first-order valence-corrected chi connectivity index (χ1v) is 7.19. The van der Waals surface area contributed by atoms with Crippen molar-refractivity contribution in [1.82, 2.24) is 15.2 Å². The molecule has 6 nitrogen and oxygen atoms in total. The van der Waals surface area contributed by atoms with Crippen molar-refractivity contribution in [3.05, 3.63) is 29.6 Å². The highest BCUT2D eigenvalue weighted by molar-refractivity contribution is 5.97. The van der Waals surface area contributed by atoms with Gasteiger partial charge in [0.05, 0.1) is 12.2 Å². The van der Waals surface area contributed by atoms with Gasteiger partial charge in [0.25, 0.3) is 5.91 Å². The first-order chi connectivity index (χ1) is 10.2. The predicted octanol–water partition coefficient (Wildman–Crippen LogP) is 0.969. The number of hydrogen-bond donors (Lipinski definition) is 1. The second kappa shape index (κ2) is 7.17. The minimum Gasteiger partial charge on any atom is -0.380 e. The fourth-order valence-corrected chi connectivity index (χ4v) is 2.54. The number of pyridine rings is 1. The van der Waals surface area contributed by atoms with Crippen LogP contribution in [0.1, 0.15) is 35.7 Å². The van der Waals surface area contributed by atoms with Crippen LogP contribution in [0.2, 0.25) is 0 Å². The molecule has 1 N–H and O–H groups in total. The molecule has 2 heterocycles. The fraction of sp³-hybridized carbons (Fsp3) is 0.533. The summed E-state index contributed by atoms with van der Waals surface area (Å²) in [5, 5.41) is 2.85. The molecular weight excluding hydrogens is 270 g/mol. The van der Waals surface area contributed by atoms with Crippen LogP contribution >= 0.6 is 0 Å². The van der Waals surface area contributed by atoms with Gasteiger partial charge in [0.2, 0.25) is 5.91 Å². The number of rotatable bonds is 4. The third-order valence-corrected chi connectivity index (χ3v) is 3.55. The summed E-state index contributed by atoms with van der Waals surface area (Å²) in [4.78, 5) is 30.4. The fourth-order valence-electron chi connectivity index (χ4n) is 2.54. The van der Waals surface area contributed by atoms with Crippen LogP contribution in [0.4, 0.5) is 0 Å². The van der Waals surface area contributed by atoms with E-state index in [1.165, 1.54) is 6.20 Å². The molecule has 1 atom stereocenters. The Morgan fingerprint density at radius 3 is 3.05 bits per heavy atom. The minimum atomic E-state index is -0.411. The van der Waals surface area contributed by atoms with Crippen LogP contribution in [0, 0.1) is 0 Å². The van der Waals surface area contributed by atoms with Crippen LogP contribution in [-0.4, -0.2) is 47.9 Å². The van der Waals surface area contributed by atoms with Crippen LogP contribution in [0.15, 0.2) is 18.5 Å². The molecule has 2 rings (SSSR count). The zero-order valence-corrected chi connectivity index (χ0v) is 12.5. The smallest absolute Gasteiger partial charge is 0.256 e. The Labute approximate surface area is 124 Å². The minimum absolute atomic E-state index is 0.0793. The van der Waals surface area contributed by atoms with Crippen LogP contribution in [-0.2, 0) is 16.1 Å². The maximum atomic E-state index is 12.7. The van der Waals surface area contributed by atoms with Gasteiger partial charge in [-0.15, -0.1) is 0 Å². The molecule has 1 fully saturated rings. The highest BCUT2D eigenvalue weighted by Crippen LogP contribution is 2.15. The molecule has 21 heavy (non-hydrogen) atoms. The van der Waals surface area contributed by atoms with Crippen molar-refractivity contribution in [3.63, 3.8) is 0 Å². The average Bonchev–Trinajstić information content (AvgIpc) is 2.68. The van der Waals surface area contributed by atoms with Gasteiger partial charge in [-0.2, -0.15) is 0 Å². The van der Waals surface area contributed by atoms with Crippen molar-refractivity contribution in [2.75, 3.05) is 20.2 Å². The summed E-state index contributed by atoms with van der Waals surface area (Å²) in [5.41, 5.74) is 1.34. The molecule has 6 heteroatoms. The lowest BCUT2D eigenvalue weighted by molar-refractivity contribution is -0.124. The van der Waals surface area contributed by atoms with Gasteiger partial charge < -0.3 is 15.0 Å². The van der Waals surface area contributed by atoms with Crippen molar-refractivity contribution < 1.29 is 14.3 Å². The van der Waals surface area contributed by atoms with Crippen molar-refractivity contribution in [3.8, 4) is 0 Å². The Balaban J connectivity index is 2.24. The summed E-state index contributed by atoms with van der Waals surface area (Å²) in [6, 6.07) is 1.36. The summed E-state index contributed by atoms with van der Waals surface area (Å²) in [6.45, 7) is 3.51. The van der Waals surface area contributed by atoms with Gasteiger partial charge in [-0.3, -0.25) is 14.6 Å². The van der Waals surface area contributed by atoms with E-state index in [9.17, 15) is 9.59 Å². The van der Waals surface area contributed by atoms with E-state index in [1.54, 1.807) is 24.3 Å². The summed E-state index contributed by atoms with van der Waals surface area (Å²) in [5.74, 6) is -0.228. The molecular formula is C15H21N3O3. The normalized spacial score (nSPS) is 19.0.